The molecule has 1 aliphatic rings. The first-order valence-electron chi connectivity index (χ1n) is 13.0. The van der Waals surface area contributed by atoms with Crippen molar-refractivity contribution >= 4 is 29.8 Å². The lowest BCUT2D eigenvalue weighted by Gasteiger charge is -2.40. The highest BCUT2D eigenvalue weighted by atomic mass is 16.6. The summed E-state index contributed by atoms with van der Waals surface area (Å²) in [4.78, 5) is 38.5. The number of carbonyl (C=O) groups is 3. The second kappa shape index (κ2) is 21.7. The van der Waals surface area contributed by atoms with Gasteiger partial charge in [-0.25, -0.2) is 9.59 Å². The number of nitrogens with two attached hydrogens (primary N) is 1. The van der Waals surface area contributed by atoms with Crippen molar-refractivity contribution in [3.05, 3.63) is 18.5 Å². The molecule has 1 aliphatic heterocycles. The Balaban J connectivity index is -0.000000741. The normalized spacial score (nSPS) is 17.3. The number of hydrogen-bond acceptors (Lipinski definition) is 10. The topological polar surface area (TPSA) is 249 Å². The summed E-state index contributed by atoms with van der Waals surface area (Å²) < 4.78 is 5.34. The van der Waals surface area contributed by atoms with Crippen LogP contribution in [0.15, 0.2) is 23.6 Å². The van der Waals surface area contributed by atoms with E-state index in [1.807, 2.05) is 13.0 Å². The van der Waals surface area contributed by atoms with Gasteiger partial charge in [0.15, 0.2) is 6.04 Å². The van der Waals surface area contributed by atoms with E-state index in [4.69, 9.17) is 46.0 Å². The average molecular weight is 588 g/mol. The van der Waals surface area contributed by atoms with E-state index in [0.29, 0.717) is 18.8 Å². The molecule has 1 aromatic heterocycles. The van der Waals surface area contributed by atoms with Crippen molar-refractivity contribution in [1.82, 2.24) is 15.2 Å². The molecule has 1 saturated heterocycles. The zero-order chi connectivity index (χ0) is 32.9. The summed E-state index contributed by atoms with van der Waals surface area (Å²) in [5.74, 6) is 1.73. The van der Waals surface area contributed by atoms with Crippen LogP contribution in [0.5, 0.6) is 0 Å². The van der Waals surface area contributed by atoms with Crippen molar-refractivity contribution < 1.29 is 39.5 Å². The molecule has 3 atom stereocenters. The fourth-order valence-electron chi connectivity index (χ4n) is 3.01. The molecule has 15 nitrogen and oxygen atoms in total. The maximum Gasteiger partial charge on any atom is 0.503 e. The van der Waals surface area contributed by atoms with Crippen LogP contribution >= 0.6 is 0 Å². The van der Waals surface area contributed by atoms with Gasteiger partial charge in [-0.3, -0.25) is 4.98 Å². The Labute approximate surface area is 242 Å². The number of rotatable bonds is 3. The molecular weight excluding hydrogens is 538 g/mol. The Morgan fingerprint density at radius 3 is 1.95 bits per heavy atom. The predicted molar refractivity (Wildman–Crippen MR) is 154 cm³/mol. The number of nitrogen functional groups attached to an aromatic ring is 1. The van der Waals surface area contributed by atoms with Crippen LogP contribution < -0.4 is 26.0 Å². The number of amides is 1. The van der Waals surface area contributed by atoms with Gasteiger partial charge in [0.05, 0.1) is 23.6 Å². The molecule has 2 rings (SSSR count). The number of carbonyl (C=O) groups excluding carboxylic acids is 1. The van der Waals surface area contributed by atoms with Crippen LogP contribution in [0.2, 0.25) is 0 Å². The third-order valence-corrected chi connectivity index (χ3v) is 3.98. The number of alkyl carbamates (subject to hydrolysis) is 1. The molecule has 15 heteroatoms. The van der Waals surface area contributed by atoms with E-state index < -0.39 is 24.0 Å². The number of nitrogens with zero attached hydrogens (tertiary/aromatic N) is 4. The molecule has 0 aliphatic carbocycles. The number of aromatic nitrogens is 1. The third kappa shape index (κ3) is 27.2. The number of ether oxygens (including phenoxy) is 1. The lowest BCUT2D eigenvalue weighted by atomic mass is 9.90. The largest absolute Gasteiger partial charge is 0.565 e. The minimum Gasteiger partial charge on any atom is -0.565 e. The summed E-state index contributed by atoms with van der Waals surface area (Å²) in [5, 5.41) is 36.1. The van der Waals surface area contributed by atoms with Gasteiger partial charge >= 0.3 is 12.2 Å². The zero-order valence-electron chi connectivity index (χ0n) is 25.8. The van der Waals surface area contributed by atoms with E-state index in [-0.39, 0.29) is 18.0 Å². The maximum absolute atomic E-state index is 12.2. The Morgan fingerprint density at radius 1 is 1.15 bits per heavy atom. The molecule has 1 aromatic rings. The zero-order valence-corrected chi connectivity index (χ0v) is 25.8. The molecule has 0 saturated carbocycles. The van der Waals surface area contributed by atoms with Gasteiger partial charge < -0.3 is 45.9 Å². The summed E-state index contributed by atoms with van der Waals surface area (Å²) in [7, 11) is 0. The van der Waals surface area contributed by atoms with Gasteiger partial charge in [-0.05, 0) is 38.7 Å². The molecule has 1 amide bonds. The second-order valence-corrected chi connectivity index (χ2v) is 11.3. The fraction of sp³-hybridized carbons (Fsp3) is 0.692. The Morgan fingerprint density at radius 2 is 1.59 bits per heavy atom. The minimum absolute atomic E-state index is 0.0651. The van der Waals surface area contributed by atoms with Crippen LogP contribution in [-0.4, -0.2) is 69.5 Å². The molecular formula is C26H49N7O8. The number of hydrogen-bond donors (Lipinski definition) is 6. The van der Waals surface area contributed by atoms with Crippen LogP contribution in [0.1, 0.15) is 69.2 Å². The van der Waals surface area contributed by atoms with E-state index >= 15 is 0 Å². The van der Waals surface area contributed by atoms with Crippen LogP contribution in [0.25, 0.3) is 0 Å². The van der Waals surface area contributed by atoms with Gasteiger partial charge in [-0.15, -0.1) is 0 Å². The smallest absolute Gasteiger partial charge is 0.503 e. The lowest BCUT2D eigenvalue weighted by Crippen LogP contribution is -2.58. The summed E-state index contributed by atoms with van der Waals surface area (Å²) in [6.45, 7) is 21.6. The Hall–Kier alpha value is -4.13. The number of piperidine rings is 1. The Bertz CT molecular complexity index is 916. The minimum atomic E-state index is -2.08. The highest BCUT2D eigenvalue weighted by Gasteiger charge is 2.40. The van der Waals surface area contributed by atoms with E-state index in [0.717, 1.165) is 17.5 Å². The first kappa shape index (κ1) is 41.4. The van der Waals surface area contributed by atoms with Crippen LogP contribution in [0.3, 0.4) is 0 Å². The summed E-state index contributed by atoms with van der Waals surface area (Å²) in [6, 6.07) is 1.20. The van der Waals surface area contributed by atoms with E-state index in [2.05, 4.69) is 66.8 Å². The number of nitrogens with one attached hydrogen (secondary N) is 2. The van der Waals surface area contributed by atoms with E-state index in [9.17, 15) is 4.79 Å². The maximum atomic E-state index is 12.2. The fourth-order valence-corrected chi connectivity index (χ4v) is 3.01. The molecule has 2 heterocycles. The number of anilines is 2. The van der Waals surface area contributed by atoms with Crippen molar-refractivity contribution in [2.45, 2.75) is 86.9 Å². The molecule has 0 spiro atoms. The summed E-state index contributed by atoms with van der Waals surface area (Å²) in [6.07, 6.45) is -1.15. The van der Waals surface area contributed by atoms with Gasteiger partial charge in [-0.2, -0.15) is 0 Å². The van der Waals surface area contributed by atoms with E-state index in [1.54, 1.807) is 33.2 Å². The van der Waals surface area contributed by atoms with Gasteiger partial charge in [0.1, 0.15) is 16.2 Å². The van der Waals surface area contributed by atoms with Crippen LogP contribution in [-0.2, 0) is 4.74 Å². The van der Waals surface area contributed by atoms with Crippen molar-refractivity contribution in [1.29, 1.82) is 5.53 Å². The van der Waals surface area contributed by atoms with Gasteiger partial charge in [0.2, 0.25) is 11.1 Å². The average Bonchev–Trinajstić information content (AvgIpc) is 2.73. The molecule has 236 valence electrons. The number of pyridine rings is 1. The molecule has 41 heavy (non-hydrogen) atoms. The summed E-state index contributed by atoms with van der Waals surface area (Å²) in [5.41, 5.74) is 13.9. The molecule has 0 bridgehead atoms. The predicted octanol–water partition coefficient (Wildman–Crippen LogP) is 4.37. The van der Waals surface area contributed by atoms with Gasteiger partial charge in [-0.1, -0.05) is 48.5 Å². The van der Waals surface area contributed by atoms with Crippen LogP contribution in [0, 0.1) is 23.3 Å². The van der Waals surface area contributed by atoms with Crippen molar-refractivity contribution in [2.24, 2.45) is 22.9 Å². The van der Waals surface area contributed by atoms with Crippen molar-refractivity contribution in [2.75, 3.05) is 23.7 Å². The number of carboxylic acid groups (broad SMARTS) is 4. The summed E-state index contributed by atoms with van der Waals surface area (Å²) >= 11 is 0. The van der Waals surface area contributed by atoms with Gasteiger partial charge in [0.25, 0.3) is 0 Å². The molecule has 1 fully saturated rings. The Kier molecular flexibility index (Phi) is 21.8. The first-order chi connectivity index (χ1) is 18.6. The quantitative estimate of drug-likeness (QED) is 0.214. The van der Waals surface area contributed by atoms with Gasteiger partial charge in [0, 0.05) is 25.2 Å². The highest BCUT2D eigenvalue weighted by Crippen LogP contribution is 2.28. The highest BCUT2D eigenvalue weighted by molar-refractivity contribution is 5.69. The monoisotopic (exact) mass is 587 g/mol. The second-order valence-electron chi connectivity index (χ2n) is 11.3. The first-order valence-corrected chi connectivity index (χ1v) is 13.0. The van der Waals surface area contributed by atoms with Crippen molar-refractivity contribution in [3.8, 4) is 0 Å². The standard InChI is InChI=1S/C16H25N7O2.2C4H10.2CH2O3/c1-10-8-23(13-5-6-19-7-11(13)17)9-12(14(10)21-22-18)20-15(24)25-16(2,3)4;2*1-4(2)3;2*2-1(3)4/h5-7,10,12,14,18H,8-9,17H2,1-4H3;2*4H,1-3H3;2*(H2,2,3,4)/t10-,12+,14-;;;;/m0..../s1. The molecule has 7 N–H and O–H groups in total. The molecule has 0 unspecified atom stereocenters. The lowest BCUT2D eigenvalue weighted by molar-refractivity contribution is -0.275. The third-order valence-electron chi connectivity index (χ3n) is 3.98. The molecule has 0 radical (unpaired) electrons. The van der Waals surface area contributed by atoms with Crippen molar-refractivity contribution in [3.63, 3.8) is 0 Å². The van der Waals surface area contributed by atoms with Crippen LogP contribution in [0.4, 0.5) is 25.8 Å². The molecule has 0 aromatic carbocycles. The SMILES string of the molecule is CC(C)C.CC(C)C.C[C@H]1CN(c2ccncc2N)C[C@@H](NC(=O)OC(C)(C)C)[C@H]1N=[N+]=N.O=C(O)O.O=C([O-])O. The van der Waals surface area contributed by atoms with E-state index in [1.165, 1.54) is 0 Å².